The Hall–Kier alpha value is -1.82. The lowest BCUT2D eigenvalue weighted by Crippen LogP contribution is -2.45. The fourth-order valence-corrected chi connectivity index (χ4v) is 2.03. The molecule has 0 aliphatic carbocycles. The molecule has 6 nitrogen and oxygen atoms in total. The Balaban J connectivity index is 2.53. The molecule has 0 saturated carbocycles. The van der Waals surface area contributed by atoms with E-state index in [4.69, 9.17) is 4.74 Å². The van der Waals surface area contributed by atoms with Crippen LogP contribution in [0, 0.1) is 0 Å². The number of aromatic nitrogens is 1. The number of ether oxygens (including phenoxy) is 1. The molecule has 0 spiro atoms. The van der Waals surface area contributed by atoms with Crippen molar-refractivity contribution in [3.63, 3.8) is 0 Å². The second-order valence-electron chi connectivity index (χ2n) is 5.94. The molecule has 1 rings (SSSR count). The quantitative estimate of drug-likeness (QED) is 0.566. The molecule has 0 atom stereocenters. The lowest BCUT2D eigenvalue weighted by molar-refractivity contribution is 0.0268. The van der Waals surface area contributed by atoms with Gasteiger partial charge >= 0.3 is 0 Å². The van der Waals surface area contributed by atoms with Crippen molar-refractivity contribution in [1.82, 2.24) is 15.6 Å². The maximum atomic E-state index is 5.39. The Kier molecular flexibility index (Phi) is 7.81. The van der Waals surface area contributed by atoms with E-state index in [0.29, 0.717) is 13.1 Å². The second-order valence-corrected chi connectivity index (χ2v) is 5.94. The molecule has 1 aromatic heterocycles. The predicted octanol–water partition coefficient (Wildman–Crippen LogP) is 2.02. The van der Waals surface area contributed by atoms with Crippen LogP contribution in [0.2, 0.25) is 0 Å². The second kappa shape index (κ2) is 9.35. The summed E-state index contributed by atoms with van der Waals surface area (Å²) in [6, 6.07) is 4.16. The van der Waals surface area contributed by atoms with Gasteiger partial charge in [-0.2, -0.15) is 0 Å². The normalized spacial score (nSPS) is 12.2. The van der Waals surface area contributed by atoms with Crippen LogP contribution in [0.25, 0.3) is 0 Å². The van der Waals surface area contributed by atoms with E-state index in [1.165, 1.54) is 0 Å². The third-order valence-corrected chi connectivity index (χ3v) is 3.81. The first-order valence-electron chi connectivity index (χ1n) is 8.15. The summed E-state index contributed by atoms with van der Waals surface area (Å²) in [5.74, 6) is 1.77. The number of anilines is 1. The number of pyridine rings is 1. The third kappa shape index (κ3) is 6.44. The van der Waals surface area contributed by atoms with E-state index in [9.17, 15) is 0 Å². The van der Waals surface area contributed by atoms with Gasteiger partial charge < -0.3 is 20.3 Å². The molecule has 1 heterocycles. The summed E-state index contributed by atoms with van der Waals surface area (Å²) < 4.78 is 5.39. The first-order valence-corrected chi connectivity index (χ1v) is 8.15. The van der Waals surface area contributed by atoms with Crippen molar-refractivity contribution >= 4 is 11.8 Å². The number of guanidine groups is 1. The summed E-state index contributed by atoms with van der Waals surface area (Å²) >= 11 is 0. The third-order valence-electron chi connectivity index (χ3n) is 3.81. The van der Waals surface area contributed by atoms with Crippen molar-refractivity contribution in [3.05, 3.63) is 23.9 Å². The lowest BCUT2D eigenvalue weighted by atomic mass is 10.1. The highest BCUT2D eigenvalue weighted by atomic mass is 16.5. The molecule has 0 radical (unpaired) electrons. The monoisotopic (exact) mass is 321 g/mol. The van der Waals surface area contributed by atoms with Gasteiger partial charge in [0.2, 0.25) is 0 Å². The van der Waals surface area contributed by atoms with Crippen molar-refractivity contribution < 1.29 is 4.74 Å². The van der Waals surface area contributed by atoms with Crippen molar-refractivity contribution in [1.29, 1.82) is 0 Å². The zero-order valence-electron chi connectivity index (χ0n) is 15.3. The molecule has 0 bridgehead atoms. The van der Waals surface area contributed by atoms with Crippen LogP contribution in [-0.4, -0.2) is 50.3 Å². The zero-order valence-corrected chi connectivity index (χ0v) is 15.3. The minimum Gasteiger partial charge on any atom is -0.377 e. The van der Waals surface area contributed by atoms with Gasteiger partial charge in [0.15, 0.2) is 5.96 Å². The Morgan fingerprint density at radius 2 is 1.96 bits per heavy atom. The molecule has 6 heteroatoms. The number of methoxy groups -OCH3 is 1. The first-order chi connectivity index (χ1) is 11.0. The number of nitrogens with zero attached hydrogens (tertiary/aromatic N) is 3. The molecular weight excluding hydrogens is 290 g/mol. The van der Waals surface area contributed by atoms with Gasteiger partial charge in [-0.05, 0) is 39.3 Å². The van der Waals surface area contributed by atoms with E-state index in [2.05, 4.69) is 51.5 Å². The minimum absolute atomic E-state index is 0.232. The lowest BCUT2D eigenvalue weighted by Gasteiger charge is -2.24. The van der Waals surface area contributed by atoms with Gasteiger partial charge in [-0.1, -0.05) is 6.07 Å². The summed E-state index contributed by atoms with van der Waals surface area (Å²) in [5, 5.41) is 6.55. The molecule has 0 aromatic carbocycles. The van der Waals surface area contributed by atoms with Crippen molar-refractivity contribution in [2.45, 2.75) is 39.8 Å². The van der Waals surface area contributed by atoms with E-state index in [1.54, 1.807) is 14.2 Å². The van der Waals surface area contributed by atoms with Gasteiger partial charge in [-0.15, -0.1) is 0 Å². The van der Waals surface area contributed by atoms with Crippen LogP contribution in [0.1, 0.15) is 33.3 Å². The molecule has 23 heavy (non-hydrogen) atoms. The van der Waals surface area contributed by atoms with E-state index >= 15 is 0 Å². The van der Waals surface area contributed by atoms with Crippen LogP contribution in [0.3, 0.4) is 0 Å². The highest BCUT2D eigenvalue weighted by Gasteiger charge is 2.16. The zero-order chi connectivity index (χ0) is 17.3. The molecule has 0 aliphatic rings. The summed E-state index contributed by atoms with van der Waals surface area (Å²) in [6.07, 6.45) is 1.91. The number of aliphatic imine (C=N–C) groups is 1. The average Bonchev–Trinajstić information content (AvgIpc) is 2.57. The van der Waals surface area contributed by atoms with Crippen molar-refractivity contribution in [3.8, 4) is 0 Å². The van der Waals surface area contributed by atoms with Gasteiger partial charge in [-0.25, -0.2) is 4.98 Å². The maximum Gasteiger partial charge on any atom is 0.191 e. The van der Waals surface area contributed by atoms with Crippen LogP contribution < -0.4 is 15.5 Å². The average molecular weight is 321 g/mol. The van der Waals surface area contributed by atoms with Crippen LogP contribution >= 0.6 is 0 Å². The number of hydrogen-bond donors (Lipinski definition) is 2. The van der Waals surface area contributed by atoms with Crippen molar-refractivity contribution in [2.75, 3.05) is 38.7 Å². The molecule has 0 aliphatic heterocycles. The van der Waals surface area contributed by atoms with Crippen LogP contribution in [-0.2, 0) is 11.3 Å². The largest absolute Gasteiger partial charge is 0.377 e. The van der Waals surface area contributed by atoms with Crippen LogP contribution in [0.5, 0.6) is 0 Å². The topological polar surface area (TPSA) is 61.8 Å². The number of nitrogens with one attached hydrogen (secondary N) is 2. The predicted molar refractivity (Wildman–Crippen MR) is 97.1 cm³/mol. The molecule has 2 N–H and O–H groups in total. The van der Waals surface area contributed by atoms with Gasteiger partial charge in [-0.3, -0.25) is 4.99 Å². The van der Waals surface area contributed by atoms with Crippen LogP contribution in [0.4, 0.5) is 5.82 Å². The Labute approximate surface area is 140 Å². The summed E-state index contributed by atoms with van der Waals surface area (Å²) in [5.41, 5.74) is 0.889. The number of hydrogen-bond acceptors (Lipinski definition) is 4. The Morgan fingerprint density at radius 1 is 1.26 bits per heavy atom. The van der Waals surface area contributed by atoms with Gasteiger partial charge in [0.05, 0.1) is 5.60 Å². The molecular formula is C17H31N5O. The molecule has 0 fully saturated rings. The van der Waals surface area contributed by atoms with Crippen LogP contribution in [0.15, 0.2) is 23.3 Å². The Bertz CT molecular complexity index is 480. The van der Waals surface area contributed by atoms with Crippen molar-refractivity contribution in [2.24, 2.45) is 4.99 Å². The highest BCUT2D eigenvalue weighted by molar-refractivity contribution is 5.79. The Morgan fingerprint density at radius 3 is 2.43 bits per heavy atom. The smallest absolute Gasteiger partial charge is 0.191 e. The molecule has 130 valence electrons. The van der Waals surface area contributed by atoms with Gasteiger partial charge in [0, 0.05) is 46.5 Å². The summed E-state index contributed by atoms with van der Waals surface area (Å²) in [6.45, 7) is 11.6. The molecule has 0 amide bonds. The van der Waals surface area contributed by atoms with E-state index in [0.717, 1.165) is 30.4 Å². The first kappa shape index (κ1) is 19.2. The fraction of sp³-hybridized carbons (Fsp3) is 0.647. The summed E-state index contributed by atoms with van der Waals surface area (Å²) in [4.78, 5) is 11.0. The maximum absolute atomic E-state index is 5.39. The fourth-order valence-electron chi connectivity index (χ4n) is 2.03. The standard InChI is InChI=1S/C17H31N5O/c1-7-22(8-2)15-10-9-14(11-19-15)12-20-16(18-5)21-13-17(3,4)23-6/h9-11H,7-8,12-13H2,1-6H3,(H2,18,20,21). The molecule has 0 saturated heterocycles. The SMILES string of the molecule is CCN(CC)c1ccc(CNC(=NC)NCC(C)(C)OC)cn1. The highest BCUT2D eigenvalue weighted by Crippen LogP contribution is 2.10. The van der Waals surface area contributed by atoms with E-state index < -0.39 is 0 Å². The minimum atomic E-state index is -0.232. The van der Waals surface area contributed by atoms with Gasteiger partial charge in [0.25, 0.3) is 0 Å². The number of rotatable bonds is 8. The van der Waals surface area contributed by atoms with E-state index in [-0.39, 0.29) is 5.60 Å². The van der Waals surface area contributed by atoms with Gasteiger partial charge in [0.1, 0.15) is 5.82 Å². The summed E-state index contributed by atoms with van der Waals surface area (Å²) in [7, 11) is 3.47. The molecule has 0 unspecified atom stereocenters. The van der Waals surface area contributed by atoms with E-state index in [1.807, 2.05) is 20.0 Å². The molecule has 1 aromatic rings.